The number of nitrogens with zero attached hydrogens (tertiary/aromatic N) is 1. The second-order valence-electron chi connectivity index (χ2n) is 5.80. The van der Waals surface area contributed by atoms with E-state index in [1.807, 2.05) is 6.07 Å². The first-order valence-electron chi connectivity index (χ1n) is 7.64. The Balaban J connectivity index is 1.76. The lowest BCUT2D eigenvalue weighted by atomic mass is 10.0. The monoisotopic (exact) mass is 316 g/mol. The number of aryl methyl sites for hydroxylation is 1. The van der Waals surface area contributed by atoms with Crippen molar-refractivity contribution in [1.82, 2.24) is 4.90 Å². The van der Waals surface area contributed by atoms with Crippen molar-refractivity contribution in [2.24, 2.45) is 0 Å². The zero-order valence-electron chi connectivity index (χ0n) is 12.9. The zero-order valence-corrected chi connectivity index (χ0v) is 12.9. The highest BCUT2D eigenvalue weighted by atomic mass is 19.1. The predicted molar refractivity (Wildman–Crippen MR) is 85.2 cm³/mol. The van der Waals surface area contributed by atoms with E-state index in [2.05, 4.69) is 5.32 Å². The molecule has 23 heavy (non-hydrogen) atoms. The van der Waals surface area contributed by atoms with Crippen LogP contribution in [0.25, 0.3) is 0 Å². The van der Waals surface area contributed by atoms with Crippen LogP contribution < -0.4 is 5.32 Å². The highest BCUT2D eigenvalue weighted by Gasteiger charge is 2.30. The minimum Gasteiger partial charge on any atom is -0.317 e. The first-order valence-corrected chi connectivity index (χ1v) is 7.64. The number of rotatable bonds is 2. The zero-order chi connectivity index (χ0) is 16.4. The molecule has 0 bridgehead atoms. The maximum atomic E-state index is 13.6. The van der Waals surface area contributed by atoms with E-state index in [1.165, 1.54) is 18.2 Å². The lowest BCUT2D eigenvalue weighted by Gasteiger charge is -2.25. The third kappa shape index (κ3) is 3.33. The molecule has 3 nitrogen and oxygen atoms in total. The lowest BCUT2D eigenvalue weighted by molar-refractivity contribution is 0.207. The van der Waals surface area contributed by atoms with E-state index in [1.54, 1.807) is 30.0 Å². The molecule has 0 aliphatic carbocycles. The van der Waals surface area contributed by atoms with Gasteiger partial charge >= 0.3 is 6.03 Å². The van der Waals surface area contributed by atoms with E-state index in [0.717, 1.165) is 18.4 Å². The molecule has 120 valence electrons. The molecule has 1 fully saturated rings. The highest BCUT2D eigenvalue weighted by molar-refractivity contribution is 5.89. The Labute approximate surface area is 133 Å². The largest absolute Gasteiger partial charge is 0.322 e. The Bertz CT molecular complexity index is 733. The summed E-state index contributed by atoms with van der Waals surface area (Å²) >= 11 is 0. The van der Waals surface area contributed by atoms with E-state index >= 15 is 0 Å². The Morgan fingerprint density at radius 3 is 2.78 bits per heavy atom. The van der Waals surface area contributed by atoms with Gasteiger partial charge in [-0.1, -0.05) is 18.2 Å². The fraction of sp³-hybridized carbons (Fsp3) is 0.278. The van der Waals surface area contributed by atoms with E-state index in [9.17, 15) is 13.6 Å². The maximum Gasteiger partial charge on any atom is 0.322 e. The Hall–Kier alpha value is -2.43. The van der Waals surface area contributed by atoms with E-state index in [-0.39, 0.29) is 23.7 Å². The van der Waals surface area contributed by atoms with Crippen LogP contribution >= 0.6 is 0 Å². The molecular formula is C18H18F2N2O. The van der Waals surface area contributed by atoms with Gasteiger partial charge < -0.3 is 10.2 Å². The van der Waals surface area contributed by atoms with Crippen molar-refractivity contribution in [2.45, 2.75) is 25.8 Å². The molecule has 0 spiro atoms. The minimum absolute atomic E-state index is 0.152. The molecule has 1 heterocycles. The minimum atomic E-state index is -0.356. The summed E-state index contributed by atoms with van der Waals surface area (Å²) in [6.45, 7) is 2.27. The summed E-state index contributed by atoms with van der Waals surface area (Å²) in [6.07, 6.45) is 1.65. The van der Waals surface area contributed by atoms with Crippen LogP contribution in [0.3, 0.4) is 0 Å². The van der Waals surface area contributed by atoms with Crippen molar-refractivity contribution >= 4 is 11.7 Å². The molecular weight excluding hydrogens is 298 g/mol. The van der Waals surface area contributed by atoms with Crippen LogP contribution in [0.5, 0.6) is 0 Å². The van der Waals surface area contributed by atoms with Gasteiger partial charge in [0.05, 0.1) is 6.04 Å². The van der Waals surface area contributed by atoms with Gasteiger partial charge in [-0.25, -0.2) is 13.6 Å². The fourth-order valence-electron chi connectivity index (χ4n) is 2.94. The number of urea groups is 1. The molecule has 1 saturated heterocycles. The number of anilines is 1. The summed E-state index contributed by atoms with van der Waals surface area (Å²) in [6, 6.07) is 10.5. The summed E-state index contributed by atoms with van der Waals surface area (Å²) in [5, 5.41) is 2.72. The Morgan fingerprint density at radius 2 is 2.04 bits per heavy atom. The van der Waals surface area contributed by atoms with Gasteiger partial charge in [0.1, 0.15) is 11.6 Å². The molecule has 0 radical (unpaired) electrons. The van der Waals surface area contributed by atoms with Crippen molar-refractivity contribution < 1.29 is 13.6 Å². The lowest BCUT2D eigenvalue weighted by Crippen LogP contribution is -2.34. The average molecular weight is 316 g/mol. The molecule has 1 aliphatic rings. The topological polar surface area (TPSA) is 32.3 Å². The normalized spacial score (nSPS) is 17.3. The van der Waals surface area contributed by atoms with E-state index in [0.29, 0.717) is 17.8 Å². The number of amides is 2. The molecule has 1 N–H and O–H groups in total. The van der Waals surface area contributed by atoms with Crippen LogP contribution in [-0.4, -0.2) is 17.5 Å². The van der Waals surface area contributed by atoms with E-state index in [4.69, 9.17) is 0 Å². The van der Waals surface area contributed by atoms with Crippen molar-refractivity contribution in [3.05, 3.63) is 65.2 Å². The van der Waals surface area contributed by atoms with Crippen LogP contribution in [0.2, 0.25) is 0 Å². The van der Waals surface area contributed by atoms with Gasteiger partial charge in [0, 0.05) is 12.2 Å². The second kappa shape index (κ2) is 6.36. The molecule has 5 heteroatoms. The highest BCUT2D eigenvalue weighted by Crippen LogP contribution is 2.32. The number of nitrogens with one attached hydrogen (secondary N) is 1. The number of halogens is 2. The summed E-state index contributed by atoms with van der Waals surface area (Å²) < 4.78 is 27.0. The third-order valence-electron chi connectivity index (χ3n) is 4.17. The van der Waals surface area contributed by atoms with Gasteiger partial charge in [0.15, 0.2) is 0 Å². The second-order valence-corrected chi connectivity index (χ2v) is 5.80. The molecule has 2 aromatic carbocycles. The molecule has 2 aromatic rings. The van der Waals surface area contributed by atoms with Gasteiger partial charge in [-0.3, -0.25) is 0 Å². The molecule has 1 unspecified atom stereocenters. The number of hydrogen-bond donors (Lipinski definition) is 1. The number of hydrogen-bond acceptors (Lipinski definition) is 1. The average Bonchev–Trinajstić information content (AvgIpc) is 3.00. The molecule has 0 aromatic heterocycles. The summed E-state index contributed by atoms with van der Waals surface area (Å²) in [7, 11) is 0. The van der Waals surface area contributed by atoms with Gasteiger partial charge in [-0.2, -0.15) is 0 Å². The third-order valence-corrected chi connectivity index (χ3v) is 4.17. The van der Waals surface area contributed by atoms with Crippen molar-refractivity contribution in [2.75, 3.05) is 11.9 Å². The van der Waals surface area contributed by atoms with Gasteiger partial charge in [-0.15, -0.1) is 0 Å². The molecule has 1 atom stereocenters. The van der Waals surface area contributed by atoms with Crippen LogP contribution in [0.15, 0.2) is 42.5 Å². The summed E-state index contributed by atoms with van der Waals surface area (Å²) in [5.41, 5.74) is 1.73. The van der Waals surface area contributed by atoms with Crippen LogP contribution in [0.1, 0.15) is 30.0 Å². The number of likely N-dealkylation sites (tertiary alicyclic amines) is 1. The Morgan fingerprint density at radius 1 is 1.22 bits per heavy atom. The quantitative estimate of drug-likeness (QED) is 0.860. The van der Waals surface area contributed by atoms with Crippen LogP contribution in [0.4, 0.5) is 19.3 Å². The molecule has 0 saturated carbocycles. The Kier molecular flexibility index (Phi) is 4.28. The van der Waals surface area contributed by atoms with Gasteiger partial charge in [-0.05, 0) is 55.2 Å². The standard InChI is InChI=1S/C18H18F2N2O/c1-12-7-8-15(11-16(12)20)21-18(23)22-9-3-6-17(22)13-4-2-5-14(19)10-13/h2,4-5,7-8,10-11,17H,3,6,9H2,1H3,(H,21,23). The number of benzene rings is 2. The van der Waals surface area contributed by atoms with Gasteiger partial charge in [0.25, 0.3) is 0 Å². The van der Waals surface area contributed by atoms with Crippen LogP contribution in [-0.2, 0) is 0 Å². The van der Waals surface area contributed by atoms with Crippen molar-refractivity contribution in [3.8, 4) is 0 Å². The molecule has 1 aliphatic heterocycles. The van der Waals surface area contributed by atoms with Crippen LogP contribution in [0, 0.1) is 18.6 Å². The number of carbonyl (C=O) groups is 1. The molecule has 2 amide bonds. The van der Waals surface area contributed by atoms with Gasteiger partial charge in [0.2, 0.25) is 0 Å². The summed E-state index contributed by atoms with van der Waals surface area (Å²) in [5.74, 6) is -0.665. The SMILES string of the molecule is Cc1ccc(NC(=O)N2CCCC2c2cccc(F)c2)cc1F. The smallest absolute Gasteiger partial charge is 0.317 e. The first-order chi connectivity index (χ1) is 11.0. The number of carbonyl (C=O) groups excluding carboxylic acids is 1. The van der Waals surface area contributed by atoms with E-state index < -0.39 is 0 Å². The predicted octanol–water partition coefficient (Wildman–Crippen LogP) is 4.64. The van der Waals surface area contributed by atoms with Crippen molar-refractivity contribution in [1.29, 1.82) is 0 Å². The fourth-order valence-corrected chi connectivity index (χ4v) is 2.94. The maximum absolute atomic E-state index is 13.6. The van der Waals surface area contributed by atoms with Crippen molar-refractivity contribution in [3.63, 3.8) is 0 Å². The first kappa shape index (κ1) is 15.5. The summed E-state index contributed by atoms with van der Waals surface area (Å²) in [4.78, 5) is 14.2. The molecule has 3 rings (SSSR count).